The van der Waals surface area contributed by atoms with E-state index in [1.165, 1.54) is 4.90 Å². The zero-order valence-electron chi connectivity index (χ0n) is 19.5. The molecular formula is C26H29NO6S. The Kier molecular flexibility index (Phi) is 6.53. The summed E-state index contributed by atoms with van der Waals surface area (Å²) < 4.78 is 29.9. The molecular weight excluding hydrogens is 454 g/mol. The van der Waals surface area contributed by atoms with Gasteiger partial charge in [0.25, 0.3) is 11.7 Å². The van der Waals surface area contributed by atoms with Crippen molar-refractivity contribution in [1.82, 2.24) is 4.90 Å². The molecule has 2 aliphatic heterocycles. The zero-order valence-corrected chi connectivity index (χ0v) is 20.3. The fraction of sp³-hybridized carbons (Fsp3) is 0.385. The van der Waals surface area contributed by atoms with Crippen molar-refractivity contribution < 1.29 is 27.9 Å². The fourth-order valence-electron chi connectivity index (χ4n) is 4.67. The molecule has 2 fully saturated rings. The van der Waals surface area contributed by atoms with E-state index in [1.54, 1.807) is 24.3 Å². The lowest BCUT2D eigenvalue weighted by atomic mass is 9.92. The third-order valence-corrected chi connectivity index (χ3v) is 8.17. The van der Waals surface area contributed by atoms with Crippen LogP contribution >= 0.6 is 0 Å². The molecule has 2 atom stereocenters. The number of likely N-dealkylation sites (tertiary alicyclic amines) is 1. The number of aliphatic hydroxyl groups is 1. The average Bonchev–Trinajstić information content (AvgIpc) is 3.29. The van der Waals surface area contributed by atoms with Crippen LogP contribution in [0.3, 0.4) is 0 Å². The van der Waals surface area contributed by atoms with Gasteiger partial charge in [0.2, 0.25) is 0 Å². The summed E-state index contributed by atoms with van der Waals surface area (Å²) in [5.74, 6) is -1.32. The maximum atomic E-state index is 13.2. The van der Waals surface area contributed by atoms with E-state index in [4.69, 9.17) is 4.74 Å². The molecule has 1 N–H and O–H groups in total. The summed E-state index contributed by atoms with van der Waals surface area (Å²) in [4.78, 5) is 27.8. The van der Waals surface area contributed by atoms with Crippen LogP contribution < -0.4 is 4.74 Å². The highest BCUT2D eigenvalue weighted by atomic mass is 32.2. The first-order chi connectivity index (χ1) is 16.1. The second-order valence-corrected chi connectivity index (χ2v) is 11.3. The number of benzene rings is 2. The number of hydrogen-bond donors (Lipinski definition) is 1. The maximum absolute atomic E-state index is 13.2. The van der Waals surface area contributed by atoms with Gasteiger partial charge in [0, 0.05) is 11.6 Å². The number of aliphatic hydroxyl groups excluding tert-OH is 1. The third kappa shape index (κ3) is 4.46. The van der Waals surface area contributed by atoms with Crippen molar-refractivity contribution in [1.29, 1.82) is 0 Å². The van der Waals surface area contributed by atoms with Crippen LogP contribution in [0.4, 0.5) is 0 Å². The van der Waals surface area contributed by atoms with Crippen LogP contribution in [-0.2, 0) is 19.4 Å². The van der Waals surface area contributed by atoms with Crippen molar-refractivity contribution in [3.8, 4) is 5.75 Å². The minimum atomic E-state index is -3.30. The van der Waals surface area contributed by atoms with Gasteiger partial charge in [0.1, 0.15) is 11.5 Å². The molecule has 0 saturated carbocycles. The van der Waals surface area contributed by atoms with Gasteiger partial charge in [-0.1, -0.05) is 50.2 Å². The van der Waals surface area contributed by atoms with Crippen LogP contribution in [0.15, 0.2) is 54.1 Å². The van der Waals surface area contributed by atoms with E-state index >= 15 is 0 Å². The van der Waals surface area contributed by atoms with Gasteiger partial charge in [-0.3, -0.25) is 9.59 Å². The van der Waals surface area contributed by atoms with Gasteiger partial charge in [-0.15, -0.1) is 0 Å². The molecule has 0 bridgehead atoms. The van der Waals surface area contributed by atoms with Gasteiger partial charge in [-0.25, -0.2) is 8.42 Å². The van der Waals surface area contributed by atoms with Gasteiger partial charge in [0.05, 0.1) is 29.7 Å². The van der Waals surface area contributed by atoms with Crippen LogP contribution in [0.1, 0.15) is 55.8 Å². The summed E-state index contributed by atoms with van der Waals surface area (Å²) in [5.41, 5.74) is 2.05. The second kappa shape index (κ2) is 9.25. The lowest BCUT2D eigenvalue weighted by Crippen LogP contribution is -2.40. The van der Waals surface area contributed by atoms with Crippen molar-refractivity contribution in [3.05, 3.63) is 70.8 Å². The monoisotopic (exact) mass is 483 g/mol. The van der Waals surface area contributed by atoms with Crippen LogP contribution in [0.5, 0.6) is 5.75 Å². The Hall–Kier alpha value is -3.13. The fourth-order valence-corrected chi connectivity index (χ4v) is 6.38. The predicted molar refractivity (Wildman–Crippen MR) is 129 cm³/mol. The van der Waals surface area contributed by atoms with Crippen molar-refractivity contribution in [3.63, 3.8) is 0 Å². The molecule has 180 valence electrons. The van der Waals surface area contributed by atoms with Gasteiger partial charge >= 0.3 is 0 Å². The molecule has 8 heteroatoms. The number of Topliss-reactive ketones (excluding diaryl/α,β-unsaturated/α-hetero) is 1. The molecule has 2 aliphatic rings. The normalized spacial score (nSPS) is 23.6. The Labute approximate surface area is 200 Å². The molecule has 0 aliphatic carbocycles. The largest absolute Gasteiger partial charge is 0.507 e. The van der Waals surface area contributed by atoms with Gasteiger partial charge in [-0.05, 0) is 42.5 Å². The highest BCUT2D eigenvalue weighted by Crippen LogP contribution is 2.42. The summed E-state index contributed by atoms with van der Waals surface area (Å²) >= 11 is 0. The Morgan fingerprint density at radius 1 is 1.15 bits per heavy atom. The number of carbonyl (C=O) groups is 2. The highest BCUT2D eigenvalue weighted by Gasteiger charge is 2.50. The quantitative estimate of drug-likeness (QED) is 0.381. The van der Waals surface area contributed by atoms with E-state index in [0.717, 1.165) is 5.56 Å². The molecule has 0 spiro atoms. The average molecular weight is 484 g/mol. The third-order valence-electron chi connectivity index (χ3n) is 6.42. The van der Waals surface area contributed by atoms with Crippen molar-refractivity contribution in [2.24, 2.45) is 0 Å². The molecule has 7 nitrogen and oxygen atoms in total. The Balaban J connectivity index is 1.86. The number of carbonyl (C=O) groups excluding carboxylic acids is 2. The molecule has 2 unspecified atom stereocenters. The number of rotatable bonds is 6. The smallest absolute Gasteiger partial charge is 0.295 e. The van der Waals surface area contributed by atoms with E-state index < -0.39 is 33.6 Å². The van der Waals surface area contributed by atoms with E-state index in [0.29, 0.717) is 29.4 Å². The van der Waals surface area contributed by atoms with Crippen LogP contribution in [-0.4, -0.2) is 54.3 Å². The first-order valence-corrected chi connectivity index (χ1v) is 13.3. The van der Waals surface area contributed by atoms with E-state index in [1.807, 2.05) is 31.2 Å². The number of sulfone groups is 1. The van der Waals surface area contributed by atoms with Crippen molar-refractivity contribution >= 4 is 27.3 Å². The topological polar surface area (TPSA) is 101 Å². The molecule has 1 amide bonds. The molecule has 2 saturated heterocycles. The van der Waals surface area contributed by atoms with E-state index in [9.17, 15) is 23.1 Å². The van der Waals surface area contributed by atoms with Crippen LogP contribution in [0, 0.1) is 0 Å². The van der Waals surface area contributed by atoms with E-state index in [-0.39, 0.29) is 29.3 Å². The van der Waals surface area contributed by atoms with Crippen LogP contribution in [0.25, 0.3) is 5.76 Å². The molecule has 34 heavy (non-hydrogen) atoms. The summed E-state index contributed by atoms with van der Waals surface area (Å²) in [5, 5.41) is 11.2. The first kappa shape index (κ1) is 24.0. The summed E-state index contributed by atoms with van der Waals surface area (Å²) in [6.07, 6.45) is 0.260. The second-order valence-electron chi connectivity index (χ2n) is 9.05. The molecule has 2 aromatic rings. The Morgan fingerprint density at radius 3 is 2.44 bits per heavy atom. The number of nitrogens with zero attached hydrogens (tertiary/aromatic N) is 1. The number of hydrogen-bond acceptors (Lipinski definition) is 6. The lowest BCUT2D eigenvalue weighted by Gasteiger charge is -2.30. The summed E-state index contributed by atoms with van der Waals surface area (Å²) in [7, 11) is -3.30. The summed E-state index contributed by atoms with van der Waals surface area (Å²) in [6.45, 7) is 6.41. The van der Waals surface area contributed by atoms with Gasteiger partial charge < -0.3 is 14.7 Å². The van der Waals surface area contributed by atoms with Crippen molar-refractivity contribution in [2.45, 2.75) is 45.2 Å². The van der Waals surface area contributed by atoms with Crippen LogP contribution in [0.2, 0.25) is 0 Å². The Morgan fingerprint density at radius 2 is 1.85 bits per heavy atom. The highest BCUT2D eigenvalue weighted by molar-refractivity contribution is 7.91. The maximum Gasteiger partial charge on any atom is 0.295 e. The Bertz CT molecular complexity index is 1250. The van der Waals surface area contributed by atoms with Gasteiger partial charge in [-0.2, -0.15) is 0 Å². The minimum absolute atomic E-state index is 0.0317. The predicted octanol–water partition coefficient (Wildman–Crippen LogP) is 3.82. The summed E-state index contributed by atoms with van der Waals surface area (Å²) in [6, 6.07) is 12.7. The molecule has 2 heterocycles. The standard InChI is InChI=1S/C26H29NO6S/c1-4-33-21-7-5-6-19(14-21)24(28)22-23(18-10-8-17(9-11-18)16(2)3)27(26(30)25(22)29)20-12-13-34(31,32)15-20/h5-11,14,16,20,23,28H,4,12-13,15H2,1-3H3/b24-22-. The lowest BCUT2D eigenvalue weighted by molar-refractivity contribution is -0.141. The molecule has 0 radical (unpaired) electrons. The number of amides is 1. The minimum Gasteiger partial charge on any atom is -0.507 e. The SMILES string of the molecule is CCOc1cccc(/C(O)=C2/C(=O)C(=O)N(C3CCS(=O)(=O)C3)C2c2ccc(C(C)C)cc2)c1. The molecule has 0 aromatic heterocycles. The number of ether oxygens (including phenoxy) is 1. The van der Waals surface area contributed by atoms with E-state index in [2.05, 4.69) is 13.8 Å². The molecule has 2 aromatic carbocycles. The first-order valence-electron chi connectivity index (χ1n) is 11.5. The van der Waals surface area contributed by atoms with Gasteiger partial charge in [0.15, 0.2) is 9.84 Å². The molecule has 4 rings (SSSR count). The number of ketones is 1. The zero-order chi connectivity index (χ0) is 24.6. The van der Waals surface area contributed by atoms with Crippen molar-refractivity contribution in [2.75, 3.05) is 18.1 Å².